The molecule has 1 aromatic carbocycles. The van der Waals surface area contributed by atoms with Gasteiger partial charge in [-0.25, -0.2) is 4.79 Å². The number of nitro benzene ring substituents is 1. The second-order valence-corrected chi connectivity index (χ2v) is 4.01. The number of ether oxygens (including phenoxy) is 3. The third-order valence-electron chi connectivity index (χ3n) is 2.36. The monoisotopic (exact) mass is 281 g/mol. The molecule has 0 bridgehead atoms. The highest BCUT2D eigenvalue weighted by atomic mass is 16.6. The van der Waals surface area contributed by atoms with E-state index < -0.39 is 16.6 Å². The maximum Gasteiger partial charge on any atom is 0.345 e. The summed E-state index contributed by atoms with van der Waals surface area (Å²) < 4.78 is 14.9. The number of methoxy groups -OCH3 is 2. The van der Waals surface area contributed by atoms with Crippen LogP contribution in [0.4, 0.5) is 5.69 Å². The second kappa shape index (κ2) is 6.55. The highest BCUT2D eigenvalue weighted by Crippen LogP contribution is 2.35. The van der Waals surface area contributed by atoms with E-state index in [1.807, 2.05) is 0 Å². The molecule has 0 aliphatic rings. The first-order valence-corrected chi connectivity index (χ1v) is 5.62. The summed E-state index contributed by atoms with van der Waals surface area (Å²) in [4.78, 5) is 21.9. The van der Waals surface area contributed by atoms with E-state index in [2.05, 4.69) is 11.3 Å². The Bertz CT molecular complexity index is 552. The van der Waals surface area contributed by atoms with Crippen LogP contribution in [0.3, 0.4) is 0 Å². The lowest BCUT2D eigenvalue weighted by Crippen LogP contribution is -2.08. The van der Waals surface area contributed by atoms with E-state index in [1.54, 1.807) is 6.92 Å². The summed E-state index contributed by atoms with van der Waals surface area (Å²) in [5.41, 5.74) is 0.137. The van der Waals surface area contributed by atoms with Gasteiger partial charge < -0.3 is 14.2 Å². The van der Waals surface area contributed by atoms with Crippen LogP contribution >= 0.6 is 0 Å². The zero-order chi connectivity index (χ0) is 15.3. The number of carbonyl (C=O) groups excluding carboxylic acids is 1. The Morgan fingerprint density at radius 3 is 2.45 bits per heavy atom. The smallest absolute Gasteiger partial charge is 0.345 e. The van der Waals surface area contributed by atoms with Gasteiger partial charge in [0.15, 0.2) is 11.5 Å². The summed E-state index contributed by atoms with van der Waals surface area (Å²) in [6.45, 7) is 5.61. The van der Waals surface area contributed by atoms with Gasteiger partial charge in [-0.2, -0.15) is 0 Å². The van der Waals surface area contributed by atoms with Gasteiger partial charge in [0.2, 0.25) is 0 Å². The molecule has 0 unspecified atom stereocenters. The predicted molar refractivity (Wildman–Crippen MR) is 71.3 cm³/mol. The average Bonchev–Trinajstić information content (AvgIpc) is 2.42. The van der Waals surface area contributed by atoms with Gasteiger partial charge in [-0.05, 0) is 12.5 Å². The first-order valence-electron chi connectivity index (χ1n) is 5.62. The molecule has 1 aromatic rings. The van der Waals surface area contributed by atoms with Crippen molar-refractivity contribution in [1.29, 1.82) is 0 Å². The van der Waals surface area contributed by atoms with Crippen molar-refractivity contribution in [3.63, 3.8) is 0 Å². The third-order valence-corrected chi connectivity index (χ3v) is 2.36. The zero-order valence-corrected chi connectivity index (χ0v) is 11.5. The van der Waals surface area contributed by atoms with Gasteiger partial charge in [0.05, 0.1) is 25.2 Å². The number of nitrogens with zero attached hydrogens (tertiary/aromatic N) is 1. The van der Waals surface area contributed by atoms with Crippen molar-refractivity contribution in [2.24, 2.45) is 0 Å². The van der Waals surface area contributed by atoms with E-state index >= 15 is 0 Å². The molecule has 0 radical (unpaired) electrons. The molecule has 0 atom stereocenters. The molecule has 1 rings (SSSR count). The largest absolute Gasteiger partial charge is 0.493 e. The molecule has 0 saturated carbocycles. The van der Waals surface area contributed by atoms with Crippen molar-refractivity contribution in [1.82, 2.24) is 0 Å². The SMILES string of the molecule is C=C(C)COc1cc([N+](=O)[O-])c(C(=O)OC)cc1OC. The van der Waals surface area contributed by atoms with E-state index in [0.717, 1.165) is 18.7 Å². The van der Waals surface area contributed by atoms with Crippen LogP contribution in [0.2, 0.25) is 0 Å². The van der Waals surface area contributed by atoms with Gasteiger partial charge in [0.25, 0.3) is 5.69 Å². The Balaban J connectivity index is 3.32. The van der Waals surface area contributed by atoms with Crippen molar-refractivity contribution in [3.8, 4) is 11.5 Å². The Labute approximate surface area is 115 Å². The first-order chi connectivity index (χ1) is 9.40. The highest BCUT2D eigenvalue weighted by Gasteiger charge is 2.25. The number of hydrogen-bond acceptors (Lipinski definition) is 6. The molecule has 7 nitrogen and oxygen atoms in total. The maximum absolute atomic E-state index is 11.5. The Kier molecular flexibility index (Phi) is 5.08. The molecular weight excluding hydrogens is 266 g/mol. The lowest BCUT2D eigenvalue weighted by atomic mass is 10.1. The lowest BCUT2D eigenvalue weighted by molar-refractivity contribution is -0.385. The molecule has 0 spiro atoms. The molecular formula is C13H15NO6. The normalized spacial score (nSPS) is 9.75. The summed E-state index contributed by atoms with van der Waals surface area (Å²) in [7, 11) is 2.51. The van der Waals surface area contributed by atoms with Gasteiger partial charge in [0, 0.05) is 6.07 Å². The van der Waals surface area contributed by atoms with Crippen LogP contribution in [-0.2, 0) is 4.74 Å². The fourth-order valence-corrected chi connectivity index (χ4v) is 1.45. The number of hydrogen-bond donors (Lipinski definition) is 0. The molecule has 20 heavy (non-hydrogen) atoms. The van der Waals surface area contributed by atoms with Crippen LogP contribution in [0, 0.1) is 10.1 Å². The van der Waals surface area contributed by atoms with Gasteiger partial charge in [-0.1, -0.05) is 6.58 Å². The van der Waals surface area contributed by atoms with Gasteiger partial charge >= 0.3 is 5.97 Å². The minimum Gasteiger partial charge on any atom is -0.493 e. The first kappa shape index (κ1) is 15.5. The molecule has 0 aliphatic heterocycles. The molecule has 108 valence electrons. The number of rotatable bonds is 6. The summed E-state index contributed by atoms with van der Waals surface area (Å²) in [5.74, 6) is -0.450. The minimum atomic E-state index is -0.818. The van der Waals surface area contributed by atoms with Crippen LogP contribution in [0.25, 0.3) is 0 Å². The van der Waals surface area contributed by atoms with Crippen molar-refractivity contribution >= 4 is 11.7 Å². The van der Waals surface area contributed by atoms with Crippen LogP contribution in [0.5, 0.6) is 11.5 Å². The van der Waals surface area contributed by atoms with Gasteiger partial charge in [-0.15, -0.1) is 0 Å². The number of nitro groups is 1. The van der Waals surface area contributed by atoms with Crippen LogP contribution < -0.4 is 9.47 Å². The van der Waals surface area contributed by atoms with Crippen molar-refractivity contribution in [2.45, 2.75) is 6.92 Å². The van der Waals surface area contributed by atoms with Gasteiger partial charge in [0.1, 0.15) is 12.2 Å². The molecule has 7 heteroatoms. The van der Waals surface area contributed by atoms with E-state index in [0.29, 0.717) is 0 Å². The summed E-state index contributed by atoms with van der Waals surface area (Å²) in [5, 5.41) is 11.0. The van der Waals surface area contributed by atoms with E-state index in [1.165, 1.54) is 13.2 Å². The van der Waals surface area contributed by atoms with E-state index in [4.69, 9.17) is 9.47 Å². The molecule has 0 aliphatic carbocycles. The van der Waals surface area contributed by atoms with Crippen LogP contribution in [0.15, 0.2) is 24.3 Å². The third kappa shape index (κ3) is 3.47. The Morgan fingerprint density at radius 2 is 2.00 bits per heavy atom. The molecule has 0 saturated heterocycles. The van der Waals surface area contributed by atoms with Gasteiger partial charge in [-0.3, -0.25) is 10.1 Å². The quantitative estimate of drug-likeness (QED) is 0.344. The topological polar surface area (TPSA) is 87.9 Å². The van der Waals surface area contributed by atoms with Crippen molar-refractivity contribution in [2.75, 3.05) is 20.8 Å². The fourth-order valence-electron chi connectivity index (χ4n) is 1.45. The number of esters is 1. The standard InChI is InChI=1S/C13H15NO6/c1-8(2)7-20-12-6-10(14(16)17)9(13(15)19-4)5-11(12)18-3/h5-6H,1,7H2,2-4H3. The maximum atomic E-state index is 11.5. The molecule has 0 fully saturated rings. The van der Waals surface area contributed by atoms with E-state index in [9.17, 15) is 14.9 Å². The molecule has 0 aromatic heterocycles. The average molecular weight is 281 g/mol. The minimum absolute atomic E-state index is 0.162. The van der Waals surface area contributed by atoms with Crippen LogP contribution in [0.1, 0.15) is 17.3 Å². The number of carbonyl (C=O) groups is 1. The molecule has 0 amide bonds. The zero-order valence-electron chi connectivity index (χ0n) is 11.5. The predicted octanol–water partition coefficient (Wildman–Crippen LogP) is 2.34. The fraction of sp³-hybridized carbons (Fsp3) is 0.308. The summed E-state index contributed by atoms with van der Waals surface area (Å²) >= 11 is 0. The Morgan fingerprint density at radius 1 is 1.35 bits per heavy atom. The lowest BCUT2D eigenvalue weighted by Gasteiger charge is -2.12. The summed E-state index contributed by atoms with van der Waals surface area (Å²) in [6.07, 6.45) is 0. The van der Waals surface area contributed by atoms with Crippen molar-refractivity contribution in [3.05, 3.63) is 40.0 Å². The Hall–Kier alpha value is -2.57. The number of benzene rings is 1. The second-order valence-electron chi connectivity index (χ2n) is 4.01. The van der Waals surface area contributed by atoms with Crippen LogP contribution in [-0.4, -0.2) is 31.7 Å². The van der Waals surface area contributed by atoms with Crippen molar-refractivity contribution < 1.29 is 23.9 Å². The molecule has 0 heterocycles. The molecule has 0 N–H and O–H groups in total. The summed E-state index contributed by atoms with van der Waals surface area (Å²) in [6, 6.07) is 2.35. The highest BCUT2D eigenvalue weighted by molar-refractivity contribution is 5.94. The van der Waals surface area contributed by atoms with E-state index in [-0.39, 0.29) is 23.7 Å².